The molecule has 2 atom stereocenters. The highest BCUT2D eigenvalue weighted by atomic mass is 32.2. The zero-order chi connectivity index (χ0) is 14.9. The van der Waals surface area contributed by atoms with Gasteiger partial charge in [-0.25, -0.2) is 17.9 Å². The third kappa shape index (κ3) is 3.76. The fourth-order valence-corrected chi connectivity index (χ4v) is 3.01. The molecule has 0 unspecified atom stereocenters. The Hall–Kier alpha value is -1.02. The van der Waals surface area contributed by atoms with Gasteiger partial charge in [-0.05, 0) is 26.0 Å². The highest BCUT2D eigenvalue weighted by Crippen LogP contribution is 2.18. The molecule has 0 saturated carbocycles. The number of halogens is 1. The summed E-state index contributed by atoms with van der Waals surface area (Å²) in [4.78, 5) is 1.89. The first-order valence-electron chi connectivity index (χ1n) is 6.45. The summed E-state index contributed by atoms with van der Waals surface area (Å²) < 4.78 is 41.9. The molecule has 1 aromatic rings. The fraction of sp³-hybridized carbons (Fsp3) is 0.538. The van der Waals surface area contributed by atoms with E-state index in [9.17, 15) is 12.8 Å². The van der Waals surface area contributed by atoms with E-state index in [0.717, 1.165) is 19.2 Å². The van der Waals surface area contributed by atoms with Gasteiger partial charge in [0.15, 0.2) is 0 Å². The normalized spacial score (nSPS) is 24.8. The lowest BCUT2D eigenvalue weighted by Crippen LogP contribution is -2.44. The van der Waals surface area contributed by atoms with Gasteiger partial charge in [-0.2, -0.15) is 0 Å². The van der Waals surface area contributed by atoms with Gasteiger partial charge in [0.05, 0.1) is 17.1 Å². The molecular weight excluding hydrogens is 283 g/mol. The van der Waals surface area contributed by atoms with Crippen LogP contribution in [-0.2, 0) is 21.3 Å². The minimum atomic E-state index is -3.87. The predicted octanol–water partition coefficient (Wildman–Crippen LogP) is 1.08. The SMILES string of the molecule is C[C@H]1CN(Cc2ccc(S(N)(=O)=O)cc2F)C[C@H](C)O1. The Morgan fingerprint density at radius 2 is 1.95 bits per heavy atom. The van der Waals surface area contributed by atoms with Crippen molar-refractivity contribution in [3.63, 3.8) is 0 Å². The van der Waals surface area contributed by atoms with Gasteiger partial charge in [-0.1, -0.05) is 6.07 Å². The van der Waals surface area contributed by atoms with Gasteiger partial charge < -0.3 is 4.74 Å². The van der Waals surface area contributed by atoms with Crippen molar-refractivity contribution in [3.8, 4) is 0 Å². The molecule has 1 aliphatic heterocycles. The molecule has 1 aliphatic rings. The van der Waals surface area contributed by atoms with Crippen molar-refractivity contribution < 1.29 is 17.5 Å². The molecule has 2 N–H and O–H groups in total. The molecule has 0 amide bonds. The molecule has 1 fully saturated rings. The second-order valence-corrected chi connectivity index (χ2v) is 6.81. The van der Waals surface area contributed by atoms with Crippen molar-refractivity contribution in [1.29, 1.82) is 0 Å². The summed E-state index contributed by atoms with van der Waals surface area (Å²) in [7, 11) is -3.87. The van der Waals surface area contributed by atoms with Crippen LogP contribution in [0, 0.1) is 5.82 Å². The maximum absolute atomic E-state index is 14.0. The Labute approximate surface area is 118 Å². The molecule has 0 radical (unpaired) electrons. The molecular formula is C13H19FN2O3S. The summed E-state index contributed by atoms with van der Waals surface area (Å²) in [5.74, 6) is -0.552. The monoisotopic (exact) mass is 302 g/mol. The van der Waals surface area contributed by atoms with Crippen molar-refractivity contribution in [2.45, 2.75) is 37.5 Å². The second-order valence-electron chi connectivity index (χ2n) is 5.25. The predicted molar refractivity (Wildman–Crippen MR) is 73.1 cm³/mol. The average molecular weight is 302 g/mol. The van der Waals surface area contributed by atoms with Crippen LogP contribution in [0.25, 0.3) is 0 Å². The van der Waals surface area contributed by atoms with E-state index in [1.807, 2.05) is 13.8 Å². The van der Waals surface area contributed by atoms with E-state index in [2.05, 4.69) is 4.90 Å². The number of rotatable bonds is 3. The van der Waals surface area contributed by atoms with E-state index in [4.69, 9.17) is 9.88 Å². The van der Waals surface area contributed by atoms with Crippen LogP contribution in [0.15, 0.2) is 23.1 Å². The van der Waals surface area contributed by atoms with Crippen LogP contribution in [0.5, 0.6) is 0 Å². The van der Waals surface area contributed by atoms with Gasteiger partial charge in [0.25, 0.3) is 0 Å². The first-order chi connectivity index (χ1) is 9.25. The Morgan fingerprint density at radius 1 is 1.35 bits per heavy atom. The Bertz CT molecular complexity index is 581. The van der Waals surface area contributed by atoms with Gasteiger partial charge in [-0.15, -0.1) is 0 Å². The van der Waals surface area contributed by atoms with E-state index in [1.165, 1.54) is 12.1 Å². The lowest BCUT2D eigenvalue weighted by Gasteiger charge is -2.35. The lowest BCUT2D eigenvalue weighted by molar-refractivity contribution is -0.0707. The maximum atomic E-state index is 14.0. The molecule has 5 nitrogen and oxygen atoms in total. The number of benzene rings is 1. The highest BCUT2D eigenvalue weighted by Gasteiger charge is 2.23. The first kappa shape index (κ1) is 15.4. The maximum Gasteiger partial charge on any atom is 0.238 e. The van der Waals surface area contributed by atoms with Crippen LogP contribution >= 0.6 is 0 Å². The zero-order valence-corrected chi connectivity index (χ0v) is 12.4. The minimum absolute atomic E-state index is 0.102. The van der Waals surface area contributed by atoms with Crippen LogP contribution in [-0.4, -0.2) is 38.6 Å². The molecule has 0 bridgehead atoms. The van der Waals surface area contributed by atoms with Crippen LogP contribution in [0.3, 0.4) is 0 Å². The van der Waals surface area contributed by atoms with Crippen LogP contribution < -0.4 is 5.14 Å². The summed E-state index contributed by atoms with van der Waals surface area (Å²) >= 11 is 0. The Kier molecular flexibility index (Phi) is 4.43. The van der Waals surface area contributed by atoms with Gasteiger partial charge in [0, 0.05) is 25.2 Å². The zero-order valence-electron chi connectivity index (χ0n) is 11.5. The van der Waals surface area contributed by atoms with Crippen molar-refractivity contribution in [2.75, 3.05) is 13.1 Å². The fourth-order valence-electron chi connectivity index (χ4n) is 2.49. The van der Waals surface area contributed by atoms with E-state index in [-0.39, 0.29) is 17.1 Å². The largest absolute Gasteiger partial charge is 0.373 e. The second kappa shape index (κ2) is 5.77. The van der Waals surface area contributed by atoms with Gasteiger partial charge >= 0.3 is 0 Å². The third-order valence-electron chi connectivity index (χ3n) is 3.24. The smallest absolute Gasteiger partial charge is 0.238 e. The van der Waals surface area contributed by atoms with E-state index in [1.54, 1.807) is 0 Å². The summed E-state index contributed by atoms with van der Waals surface area (Å²) in [6.07, 6.45) is 0.205. The quantitative estimate of drug-likeness (QED) is 0.907. The standard InChI is InChI=1S/C13H19FN2O3S/c1-9-6-16(7-10(2)19-9)8-11-3-4-12(5-13(11)14)20(15,17)18/h3-5,9-10H,6-8H2,1-2H3,(H2,15,17,18)/t9-,10-/m0/s1. The number of ether oxygens (including phenoxy) is 1. The lowest BCUT2D eigenvalue weighted by atomic mass is 10.1. The van der Waals surface area contributed by atoms with Crippen LogP contribution in [0.1, 0.15) is 19.4 Å². The molecule has 0 aromatic heterocycles. The molecule has 1 heterocycles. The number of sulfonamides is 1. The third-order valence-corrected chi connectivity index (χ3v) is 4.15. The van der Waals surface area contributed by atoms with Gasteiger partial charge in [0.1, 0.15) is 5.82 Å². The molecule has 2 rings (SSSR count). The number of hydrogen-bond acceptors (Lipinski definition) is 4. The van der Waals surface area contributed by atoms with Crippen LogP contribution in [0.2, 0.25) is 0 Å². The first-order valence-corrected chi connectivity index (χ1v) is 7.99. The number of primary sulfonamides is 1. The van der Waals surface area contributed by atoms with Crippen molar-refractivity contribution >= 4 is 10.0 Å². The molecule has 0 spiro atoms. The molecule has 1 saturated heterocycles. The van der Waals surface area contributed by atoms with Crippen LogP contribution in [0.4, 0.5) is 4.39 Å². The van der Waals surface area contributed by atoms with Gasteiger partial charge in [-0.3, -0.25) is 4.90 Å². The number of nitrogens with zero attached hydrogens (tertiary/aromatic N) is 1. The van der Waals surface area contributed by atoms with E-state index in [0.29, 0.717) is 12.1 Å². The van der Waals surface area contributed by atoms with Crippen molar-refractivity contribution in [2.24, 2.45) is 5.14 Å². The summed E-state index contributed by atoms with van der Waals surface area (Å²) in [6.45, 7) is 5.82. The average Bonchev–Trinajstić information content (AvgIpc) is 2.29. The summed E-state index contributed by atoms with van der Waals surface area (Å²) in [6, 6.07) is 3.78. The minimum Gasteiger partial charge on any atom is -0.373 e. The van der Waals surface area contributed by atoms with Crippen molar-refractivity contribution in [1.82, 2.24) is 4.90 Å². The molecule has 112 valence electrons. The summed E-state index contributed by atoms with van der Waals surface area (Å²) in [5, 5.41) is 4.97. The number of nitrogens with two attached hydrogens (primary N) is 1. The van der Waals surface area contributed by atoms with Crippen molar-refractivity contribution in [3.05, 3.63) is 29.6 Å². The topological polar surface area (TPSA) is 72.6 Å². The molecule has 20 heavy (non-hydrogen) atoms. The molecule has 7 heteroatoms. The Balaban J connectivity index is 2.14. The van der Waals surface area contributed by atoms with E-state index >= 15 is 0 Å². The highest BCUT2D eigenvalue weighted by molar-refractivity contribution is 7.89. The van der Waals surface area contributed by atoms with Gasteiger partial charge in [0.2, 0.25) is 10.0 Å². The molecule has 0 aliphatic carbocycles. The van der Waals surface area contributed by atoms with E-state index < -0.39 is 15.8 Å². The Morgan fingerprint density at radius 3 is 2.45 bits per heavy atom. The number of morpholine rings is 1. The number of hydrogen-bond donors (Lipinski definition) is 1. The summed E-state index contributed by atoms with van der Waals surface area (Å²) in [5.41, 5.74) is 0.457. The molecule has 1 aromatic carbocycles.